The summed E-state index contributed by atoms with van der Waals surface area (Å²) in [6, 6.07) is 4.17. The standard InChI is InChI=1S/C14H17NOS/c1-2-5-11(9-15)14(16)13-8-10-6-3-4-7-12(10)17-13/h8,11H,2-7H2,1H3. The van der Waals surface area contributed by atoms with Gasteiger partial charge in [-0.2, -0.15) is 5.26 Å². The van der Waals surface area contributed by atoms with Gasteiger partial charge in [-0.3, -0.25) is 4.79 Å². The smallest absolute Gasteiger partial charge is 0.189 e. The van der Waals surface area contributed by atoms with E-state index in [-0.39, 0.29) is 5.78 Å². The van der Waals surface area contributed by atoms with Crippen molar-refractivity contribution in [1.82, 2.24) is 0 Å². The van der Waals surface area contributed by atoms with Gasteiger partial charge in [0.15, 0.2) is 5.78 Å². The van der Waals surface area contributed by atoms with Gasteiger partial charge in [0.05, 0.1) is 10.9 Å². The summed E-state index contributed by atoms with van der Waals surface area (Å²) in [5.74, 6) is -0.408. The highest BCUT2D eigenvalue weighted by Crippen LogP contribution is 2.31. The Labute approximate surface area is 106 Å². The van der Waals surface area contributed by atoms with E-state index >= 15 is 0 Å². The summed E-state index contributed by atoms with van der Waals surface area (Å²) in [6.45, 7) is 2.01. The van der Waals surface area contributed by atoms with Crippen molar-refractivity contribution in [2.24, 2.45) is 5.92 Å². The lowest BCUT2D eigenvalue weighted by Crippen LogP contribution is -2.11. The molecule has 1 aromatic heterocycles. The van der Waals surface area contributed by atoms with Gasteiger partial charge in [-0.05, 0) is 43.7 Å². The van der Waals surface area contributed by atoms with Crippen LogP contribution in [0.15, 0.2) is 6.07 Å². The van der Waals surface area contributed by atoms with Crippen LogP contribution in [-0.4, -0.2) is 5.78 Å². The minimum absolute atomic E-state index is 0.0359. The molecule has 3 heteroatoms. The molecule has 0 amide bonds. The molecule has 2 nitrogen and oxygen atoms in total. The van der Waals surface area contributed by atoms with Crippen molar-refractivity contribution in [3.8, 4) is 6.07 Å². The van der Waals surface area contributed by atoms with Gasteiger partial charge >= 0.3 is 0 Å². The highest BCUT2D eigenvalue weighted by Gasteiger charge is 2.23. The zero-order valence-corrected chi connectivity index (χ0v) is 11.0. The molecular formula is C14H17NOS. The Kier molecular flexibility index (Phi) is 3.96. The van der Waals surface area contributed by atoms with Gasteiger partial charge in [0, 0.05) is 4.88 Å². The molecule has 0 fully saturated rings. The maximum Gasteiger partial charge on any atom is 0.189 e. The molecule has 1 unspecified atom stereocenters. The minimum Gasteiger partial charge on any atom is -0.292 e. The average Bonchev–Trinajstić information content (AvgIpc) is 2.78. The molecule has 0 saturated heterocycles. The van der Waals surface area contributed by atoms with Crippen molar-refractivity contribution in [3.05, 3.63) is 21.4 Å². The van der Waals surface area contributed by atoms with Gasteiger partial charge in [0.2, 0.25) is 0 Å². The summed E-state index contributed by atoms with van der Waals surface area (Å²) in [7, 11) is 0. The fourth-order valence-corrected chi connectivity index (χ4v) is 3.57. The van der Waals surface area contributed by atoms with Crippen LogP contribution in [0.25, 0.3) is 0 Å². The number of ketones is 1. The molecule has 0 N–H and O–H groups in total. The number of carbonyl (C=O) groups excluding carboxylic acids is 1. The van der Waals surface area contributed by atoms with Crippen molar-refractivity contribution in [2.45, 2.75) is 45.4 Å². The summed E-state index contributed by atoms with van der Waals surface area (Å²) in [5, 5.41) is 9.03. The Hall–Kier alpha value is -1.14. The largest absolute Gasteiger partial charge is 0.292 e. The van der Waals surface area contributed by atoms with Crippen LogP contribution in [0.4, 0.5) is 0 Å². The second-order valence-corrected chi connectivity index (χ2v) is 5.74. The molecule has 1 aromatic rings. The second kappa shape index (κ2) is 5.46. The van der Waals surface area contributed by atoms with Gasteiger partial charge in [-0.15, -0.1) is 11.3 Å². The molecule has 0 saturated carbocycles. The third-order valence-electron chi connectivity index (χ3n) is 3.29. The van der Waals surface area contributed by atoms with Crippen molar-refractivity contribution in [1.29, 1.82) is 5.26 Å². The summed E-state index contributed by atoms with van der Waals surface area (Å²) in [5.41, 5.74) is 1.35. The number of rotatable bonds is 4. The monoisotopic (exact) mass is 247 g/mol. The molecule has 0 bridgehead atoms. The SMILES string of the molecule is CCCC(C#N)C(=O)c1cc2c(s1)CCCC2. The maximum absolute atomic E-state index is 12.2. The summed E-state index contributed by atoms with van der Waals surface area (Å²) in [6.07, 6.45) is 6.24. The third-order valence-corrected chi connectivity index (χ3v) is 4.54. The number of thiophene rings is 1. The van der Waals surface area contributed by atoms with E-state index in [4.69, 9.17) is 5.26 Å². The quantitative estimate of drug-likeness (QED) is 0.760. The van der Waals surface area contributed by atoms with E-state index in [0.717, 1.165) is 24.1 Å². The molecule has 1 aliphatic carbocycles. The van der Waals surface area contributed by atoms with Crippen molar-refractivity contribution >= 4 is 17.1 Å². The van der Waals surface area contributed by atoms with Gasteiger partial charge in [-0.1, -0.05) is 13.3 Å². The molecule has 2 rings (SSSR count). The lowest BCUT2D eigenvalue weighted by molar-refractivity contribution is 0.0947. The molecule has 0 aliphatic heterocycles. The van der Waals surface area contributed by atoms with E-state index in [1.165, 1.54) is 23.3 Å². The number of aryl methyl sites for hydroxylation is 2. The van der Waals surface area contributed by atoms with Crippen LogP contribution in [0.3, 0.4) is 0 Å². The Balaban J connectivity index is 2.19. The van der Waals surface area contributed by atoms with E-state index in [0.29, 0.717) is 6.42 Å². The Morgan fingerprint density at radius 2 is 2.29 bits per heavy atom. The predicted octanol–water partition coefficient (Wildman–Crippen LogP) is 3.75. The fourth-order valence-electron chi connectivity index (χ4n) is 2.33. The van der Waals surface area contributed by atoms with Gasteiger partial charge in [-0.25, -0.2) is 0 Å². The molecule has 17 heavy (non-hydrogen) atoms. The van der Waals surface area contributed by atoms with Gasteiger partial charge in [0.1, 0.15) is 5.92 Å². The zero-order chi connectivity index (χ0) is 12.3. The first-order valence-electron chi connectivity index (χ1n) is 6.31. The lowest BCUT2D eigenvalue weighted by atomic mass is 9.96. The molecule has 0 radical (unpaired) electrons. The average molecular weight is 247 g/mol. The maximum atomic E-state index is 12.2. The van der Waals surface area contributed by atoms with Crippen LogP contribution in [0.2, 0.25) is 0 Å². The van der Waals surface area contributed by atoms with Crippen molar-refractivity contribution in [2.75, 3.05) is 0 Å². The van der Waals surface area contributed by atoms with Crippen LogP contribution < -0.4 is 0 Å². The first kappa shape index (κ1) is 12.3. The molecule has 1 heterocycles. The third kappa shape index (κ3) is 2.58. The molecule has 1 aliphatic rings. The molecule has 1 atom stereocenters. The normalized spacial score (nSPS) is 16.0. The molecule has 90 valence electrons. The Bertz CT molecular complexity index is 432. The molecule has 0 spiro atoms. The zero-order valence-electron chi connectivity index (χ0n) is 10.2. The first-order chi connectivity index (χ1) is 8.26. The van der Waals surface area contributed by atoms with E-state index in [2.05, 4.69) is 6.07 Å². The Morgan fingerprint density at radius 3 is 2.94 bits per heavy atom. The van der Waals surface area contributed by atoms with Crippen molar-refractivity contribution in [3.63, 3.8) is 0 Å². The van der Waals surface area contributed by atoms with Crippen LogP contribution >= 0.6 is 11.3 Å². The van der Waals surface area contributed by atoms with Crippen LogP contribution in [0, 0.1) is 17.2 Å². The van der Waals surface area contributed by atoms with Crippen LogP contribution in [-0.2, 0) is 12.8 Å². The molecular weight excluding hydrogens is 230 g/mol. The van der Waals surface area contributed by atoms with E-state index in [1.807, 2.05) is 13.0 Å². The highest BCUT2D eigenvalue weighted by atomic mass is 32.1. The first-order valence-corrected chi connectivity index (χ1v) is 7.13. The fraction of sp³-hybridized carbons (Fsp3) is 0.571. The van der Waals surface area contributed by atoms with E-state index in [9.17, 15) is 4.79 Å². The number of nitrogens with zero attached hydrogens (tertiary/aromatic N) is 1. The summed E-state index contributed by atoms with van der Waals surface area (Å²) >= 11 is 1.61. The second-order valence-electron chi connectivity index (χ2n) is 4.60. The van der Waals surface area contributed by atoms with Crippen LogP contribution in [0.1, 0.15) is 52.7 Å². The number of Topliss-reactive ketones (excluding diaryl/α,β-unsaturated/α-hetero) is 1. The van der Waals surface area contributed by atoms with E-state index < -0.39 is 5.92 Å². The van der Waals surface area contributed by atoms with Crippen LogP contribution in [0.5, 0.6) is 0 Å². The van der Waals surface area contributed by atoms with Gasteiger partial charge in [0.25, 0.3) is 0 Å². The number of nitriles is 1. The number of carbonyl (C=O) groups is 1. The van der Waals surface area contributed by atoms with E-state index in [1.54, 1.807) is 11.3 Å². The van der Waals surface area contributed by atoms with Gasteiger partial charge < -0.3 is 0 Å². The minimum atomic E-state index is -0.444. The lowest BCUT2D eigenvalue weighted by Gasteiger charge is -2.08. The highest BCUT2D eigenvalue weighted by molar-refractivity contribution is 7.14. The summed E-state index contributed by atoms with van der Waals surface area (Å²) < 4.78 is 0. The molecule has 0 aromatic carbocycles. The number of hydrogen-bond acceptors (Lipinski definition) is 3. The number of fused-ring (bicyclic) bond motifs is 1. The predicted molar refractivity (Wildman–Crippen MR) is 69.3 cm³/mol. The Morgan fingerprint density at radius 1 is 1.53 bits per heavy atom. The number of hydrogen-bond donors (Lipinski definition) is 0. The summed E-state index contributed by atoms with van der Waals surface area (Å²) in [4.78, 5) is 14.3. The van der Waals surface area contributed by atoms with Crippen molar-refractivity contribution < 1.29 is 4.79 Å². The topological polar surface area (TPSA) is 40.9 Å².